The number of carboxylic acid groups (broad SMARTS) is 1. The first-order chi connectivity index (χ1) is 10.2. The van der Waals surface area contributed by atoms with Crippen LogP contribution in [0.1, 0.15) is 51.9 Å². The molecule has 0 aromatic carbocycles. The van der Waals surface area contributed by atoms with Crippen LogP contribution in [0.2, 0.25) is 0 Å². The van der Waals surface area contributed by atoms with Gasteiger partial charge in [0.25, 0.3) is 0 Å². The maximum absolute atomic E-state index is 10.6. The molecule has 21 heavy (non-hydrogen) atoms. The highest BCUT2D eigenvalue weighted by Crippen LogP contribution is 2.45. The second-order valence-electron chi connectivity index (χ2n) is 6.23. The van der Waals surface area contributed by atoms with Gasteiger partial charge in [-0.05, 0) is 31.6 Å². The molecule has 2 bridgehead atoms. The largest absolute Gasteiger partial charge is 0.478 e. The second kappa shape index (κ2) is 8.54. The van der Waals surface area contributed by atoms with Gasteiger partial charge in [0.15, 0.2) is 0 Å². The zero-order valence-electron chi connectivity index (χ0n) is 13.0. The summed E-state index contributed by atoms with van der Waals surface area (Å²) < 4.78 is 11.8. The highest BCUT2D eigenvalue weighted by molar-refractivity contribution is 5.79. The Bertz CT molecular complexity index is 353. The van der Waals surface area contributed by atoms with E-state index in [0.29, 0.717) is 24.0 Å². The monoisotopic (exact) mass is 296 g/mol. The molecule has 2 aliphatic heterocycles. The maximum atomic E-state index is 10.6. The van der Waals surface area contributed by atoms with Gasteiger partial charge in [0.05, 0.1) is 18.8 Å². The number of ether oxygens (including phenoxy) is 2. The highest BCUT2D eigenvalue weighted by Gasteiger charge is 2.48. The van der Waals surface area contributed by atoms with Crippen LogP contribution in [0, 0.1) is 11.8 Å². The van der Waals surface area contributed by atoms with E-state index in [0.717, 1.165) is 38.9 Å². The van der Waals surface area contributed by atoms with Crippen LogP contribution in [0.3, 0.4) is 0 Å². The first-order valence-corrected chi connectivity index (χ1v) is 8.35. The minimum Gasteiger partial charge on any atom is -0.478 e. The standard InChI is InChI=1S/C17H28O4/c1-2-3-4-5-11-20-12-14-13(7-6-8-17(18)19)15-9-10-16(14)21-15/h6,8,13-16H,2-5,7,9-12H2,1H3,(H,18,19). The SMILES string of the molecule is CCCCCCOCC1C2CCC(O2)C1CC=CC(=O)O. The van der Waals surface area contributed by atoms with Crippen molar-refractivity contribution in [1.82, 2.24) is 0 Å². The summed E-state index contributed by atoms with van der Waals surface area (Å²) in [6.07, 6.45) is 11.6. The summed E-state index contributed by atoms with van der Waals surface area (Å²) in [7, 11) is 0. The third-order valence-corrected chi connectivity index (χ3v) is 4.71. The van der Waals surface area contributed by atoms with E-state index in [1.54, 1.807) is 6.08 Å². The lowest BCUT2D eigenvalue weighted by Gasteiger charge is -2.27. The summed E-state index contributed by atoms with van der Waals surface area (Å²) in [5.74, 6) is -0.00818. The number of aliphatic carboxylic acids is 1. The van der Waals surface area contributed by atoms with Crippen molar-refractivity contribution in [3.8, 4) is 0 Å². The van der Waals surface area contributed by atoms with Crippen molar-refractivity contribution >= 4 is 5.97 Å². The molecule has 0 aromatic heterocycles. The van der Waals surface area contributed by atoms with E-state index < -0.39 is 5.97 Å². The average Bonchev–Trinajstić information content (AvgIpc) is 3.04. The molecule has 4 atom stereocenters. The predicted octanol–water partition coefficient (Wildman–Crippen LogP) is 3.41. The van der Waals surface area contributed by atoms with Crippen LogP contribution in [0.25, 0.3) is 0 Å². The normalized spacial score (nSPS) is 31.3. The van der Waals surface area contributed by atoms with Crippen molar-refractivity contribution in [3.63, 3.8) is 0 Å². The van der Waals surface area contributed by atoms with E-state index in [2.05, 4.69) is 6.92 Å². The zero-order chi connectivity index (χ0) is 15.1. The van der Waals surface area contributed by atoms with Crippen molar-refractivity contribution in [1.29, 1.82) is 0 Å². The van der Waals surface area contributed by atoms with Crippen LogP contribution in [0.5, 0.6) is 0 Å². The Balaban J connectivity index is 1.72. The van der Waals surface area contributed by atoms with Gasteiger partial charge in [-0.1, -0.05) is 32.3 Å². The molecule has 2 fully saturated rings. The zero-order valence-corrected chi connectivity index (χ0v) is 13.0. The number of fused-ring (bicyclic) bond motifs is 2. The smallest absolute Gasteiger partial charge is 0.327 e. The second-order valence-corrected chi connectivity index (χ2v) is 6.23. The Morgan fingerprint density at radius 2 is 2.00 bits per heavy atom. The lowest BCUT2D eigenvalue weighted by Crippen LogP contribution is -2.30. The molecule has 2 saturated heterocycles. The van der Waals surface area contributed by atoms with Gasteiger partial charge in [-0.15, -0.1) is 0 Å². The molecule has 2 aliphatic rings. The summed E-state index contributed by atoms with van der Waals surface area (Å²) in [6, 6.07) is 0. The van der Waals surface area contributed by atoms with Crippen LogP contribution in [-0.4, -0.2) is 36.5 Å². The van der Waals surface area contributed by atoms with Crippen LogP contribution >= 0.6 is 0 Å². The summed E-state index contributed by atoms with van der Waals surface area (Å²) in [6.45, 7) is 3.81. The summed E-state index contributed by atoms with van der Waals surface area (Å²) in [4.78, 5) is 10.6. The lowest BCUT2D eigenvalue weighted by atomic mass is 9.78. The van der Waals surface area contributed by atoms with Crippen molar-refractivity contribution in [2.24, 2.45) is 11.8 Å². The van der Waals surface area contributed by atoms with E-state index >= 15 is 0 Å². The summed E-state index contributed by atoms with van der Waals surface area (Å²) >= 11 is 0. The first kappa shape index (κ1) is 16.5. The topological polar surface area (TPSA) is 55.8 Å². The third kappa shape index (κ3) is 4.82. The Morgan fingerprint density at radius 3 is 2.71 bits per heavy atom. The Hall–Kier alpha value is -0.870. The average molecular weight is 296 g/mol. The number of carbonyl (C=O) groups is 1. The molecule has 120 valence electrons. The third-order valence-electron chi connectivity index (χ3n) is 4.71. The number of unbranched alkanes of at least 4 members (excludes halogenated alkanes) is 3. The molecule has 0 amide bonds. The molecule has 2 heterocycles. The van der Waals surface area contributed by atoms with Crippen molar-refractivity contribution in [2.45, 2.75) is 64.1 Å². The number of rotatable bonds is 10. The van der Waals surface area contributed by atoms with Gasteiger partial charge in [-0.25, -0.2) is 4.79 Å². The van der Waals surface area contributed by atoms with E-state index in [-0.39, 0.29) is 0 Å². The Morgan fingerprint density at radius 1 is 1.24 bits per heavy atom. The maximum Gasteiger partial charge on any atom is 0.327 e. The molecule has 0 aromatic rings. The molecule has 0 radical (unpaired) electrons. The molecule has 4 nitrogen and oxygen atoms in total. The van der Waals surface area contributed by atoms with Crippen LogP contribution < -0.4 is 0 Å². The van der Waals surface area contributed by atoms with Gasteiger partial charge in [0.1, 0.15) is 0 Å². The van der Waals surface area contributed by atoms with E-state index in [1.165, 1.54) is 25.3 Å². The highest BCUT2D eigenvalue weighted by atomic mass is 16.5. The fourth-order valence-corrected chi connectivity index (χ4v) is 3.60. The minimum atomic E-state index is -0.872. The first-order valence-electron chi connectivity index (χ1n) is 8.35. The van der Waals surface area contributed by atoms with Crippen molar-refractivity contribution < 1.29 is 19.4 Å². The molecule has 0 aliphatic carbocycles. The fraction of sp³-hybridized carbons (Fsp3) is 0.824. The molecule has 2 rings (SSSR count). The van der Waals surface area contributed by atoms with Gasteiger partial charge in [0.2, 0.25) is 0 Å². The Kier molecular flexibility index (Phi) is 6.71. The van der Waals surface area contributed by atoms with Gasteiger partial charge in [0, 0.05) is 18.6 Å². The van der Waals surface area contributed by atoms with Gasteiger partial charge >= 0.3 is 5.97 Å². The van der Waals surface area contributed by atoms with Crippen molar-refractivity contribution in [2.75, 3.05) is 13.2 Å². The van der Waals surface area contributed by atoms with E-state index in [1.807, 2.05) is 0 Å². The van der Waals surface area contributed by atoms with E-state index in [4.69, 9.17) is 14.6 Å². The molecule has 4 unspecified atom stereocenters. The number of hydrogen-bond acceptors (Lipinski definition) is 3. The van der Waals surface area contributed by atoms with Crippen LogP contribution in [0.15, 0.2) is 12.2 Å². The van der Waals surface area contributed by atoms with Crippen LogP contribution in [0.4, 0.5) is 0 Å². The minimum absolute atomic E-state index is 0.308. The Labute approximate surface area is 127 Å². The fourth-order valence-electron chi connectivity index (χ4n) is 3.60. The number of hydrogen-bond donors (Lipinski definition) is 1. The van der Waals surface area contributed by atoms with Gasteiger partial charge in [-0.2, -0.15) is 0 Å². The number of allylic oxidation sites excluding steroid dienone is 1. The molecule has 0 saturated carbocycles. The van der Waals surface area contributed by atoms with Crippen molar-refractivity contribution in [3.05, 3.63) is 12.2 Å². The van der Waals surface area contributed by atoms with E-state index in [9.17, 15) is 4.79 Å². The number of carboxylic acids is 1. The summed E-state index contributed by atoms with van der Waals surface area (Å²) in [5, 5.41) is 8.69. The molecule has 0 spiro atoms. The molecular weight excluding hydrogens is 268 g/mol. The lowest BCUT2D eigenvalue weighted by molar-refractivity contribution is -0.131. The predicted molar refractivity (Wildman–Crippen MR) is 81.2 cm³/mol. The van der Waals surface area contributed by atoms with Gasteiger partial charge < -0.3 is 14.6 Å². The van der Waals surface area contributed by atoms with Crippen LogP contribution in [-0.2, 0) is 14.3 Å². The summed E-state index contributed by atoms with van der Waals surface area (Å²) in [5.41, 5.74) is 0. The molecule has 4 heteroatoms. The quantitative estimate of drug-likeness (QED) is 0.496. The molecule has 1 N–H and O–H groups in total. The van der Waals surface area contributed by atoms with Gasteiger partial charge in [-0.3, -0.25) is 0 Å². The molecular formula is C17H28O4.